The fourth-order valence-corrected chi connectivity index (χ4v) is 2.65. The van der Waals surface area contributed by atoms with Crippen LogP contribution in [-0.4, -0.2) is 40.5 Å². The van der Waals surface area contributed by atoms with Gasteiger partial charge in [0, 0.05) is 30.4 Å². The second kappa shape index (κ2) is 8.18. The normalized spacial score (nSPS) is 15.6. The summed E-state index contributed by atoms with van der Waals surface area (Å²) in [6.07, 6.45) is -1.03. The molecule has 2 aromatic heterocycles. The Morgan fingerprint density at radius 2 is 2.00 bits per heavy atom. The fraction of sp³-hybridized carbons (Fsp3) is 0.444. The molecule has 2 N–H and O–H groups in total. The summed E-state index contributed by atoms with van der Waals surface area (Å²) in [6, 6.07) is 5.48. The van der Waals surface area contributed by atoms with Gasteiger partial charge in [0.2, 0.25) is 5.88 Å². The smallest absolute Gasteiger partial charge is 0.422 e. The molecule has 0 aliphatic heterocycles. The quantitative estimate of drug-likeness (QED) is 0.684. The molecule has 1 atom stereocenters. The third-order valence-electron chi connectivity index (χ3n) is 4.25. The average Bonchev–Trinajstić information content (AvgIpc) is 3.47. The first-order valence-corrected chi connectivity index (χ1v) is 8.51. The van der Waals surface area contributed by atoms with E-state index < -0.39 is 18.6 Å². The first-order chi connectivity index (χ1) is 12.9. The van der Waals surface area contributed by atoms with Gasteiger partial charge in [0.05, 0.1) is 18.0 Å². The van der Waals surface area contributed by atoms with Gasteiger partial charge in [-0.3, -0.25) is 0 Å². The molecule has 0 spiro atoms. The predicted octanol–water partition coefficient (Wildman–Crippen LogP) is 3.08. The summed E-state index contributed by atoms with van der Waals surface area (Å²) >= 11 is 0. The van der Waals surface area contributed by atoms with Crippen molar-refractivity contribution in [2.24, 2.45) is 5.92 Å². The standard InChI is InChI=1S/C18H19F4N3O2/c19-13-4-5-14(25-15(13)8-23-16(9-26)11-1-2-11)12-3-6-17(24-7-12)27-10-18(20,21)22/h3-7,11,16,23,26H,1-2,8-10H2/t16-/m0/s1. The summed E-state index contributed by atoms with van der Waals surface area (Å²) in [4.78, 5) is 8.09. The number of nitrogens with one attached hydrogen (secondary N) is 1. The highest BCUT2D eigenvalue weighted by atomic mass is 19.4. The number of aromatic nitrogens is 2. The van der Waals surface area contributed by atoms with Crippen LogP contribution in [0.15, 0.2) is 30.5 Å². The molecular formula is C18H19F4N3O2. The first-order valence-electron chi connectivity index (χ1n) is 8.51. The van der Waals surface area contributed by atoms with Crippen molar-refractivity contribution in [3.63, 3.8) is 0 Å². The van der Waals surface area contributed by atoms with Crippen LogP contribution >= 0.6 is 0 Å². The van der Waals surface area contributed by atoms with Gasteiger partial charge in [-0.15, -0.1) is 0 Å². The minimum atomic E-state index is -4.44. The third kappa shape index (κ3) is 5.61. The molecule has 1 aliphatic carbocycles. The van der Waals surface area contributed by atoms with Gasteiger partial charge in [0.25, 0.3) is 0 Å². The number of rotatable bonds is 8. The van der Waals surface area contributed by atoms with Crippen molar-refractivity contribution in [2.75, 3.05) is 13.2 Å². The molecule has 0 amide bonds. The zero-order chi connectivity index (χ0) is 19.4. The highest BCUT2D eigenvalue weighted by molar-refractivity contribution is 5.58. The molecule has 0 radical (unpaired) electrons. The molecule has 27 heavy (non-hydrogen) atoms. The summed E-state index contributed by atoms with van der Waals surface area (Å²) in [5.41, 5.74) is 1.16. The first kappa shape index (κ1) is 19.5. The zero-order valence-electron chi connectivity index (χ0n) is 14.3. The van der Waals surface area contributed by atoms with E-state index in [1.807, 2.05) is 0 Å². The summed E-state index contributed by atoms with van der Waals surface area (Å²) in [7, 11) is 0. The van der Waals surface area contributed by atoms with Gasteiger partial charge in [0.1, 0.15) is 5.82 Å². The van der Waals surface area contributed by atoms with E-state index in [-0.39, 0.29) is 30.8 Å². The Kier molecular flexibility index (Phi) is 5.91. The molecule has 2 heterocycles. The number of pyridine rings is 2. The zero-order valence-corrected chi connectivity index (χ0v) is 14.3. The maximum absolute atomic E-state index is 14.0. The van der Waals surface area contributed by atoms with E-state index in [2.05, 4.69) is 20.0 Å². The highest BCUT2D eigenvalue weighted by Crippen LogP contribution is 2.32. The van der Waals surface area contributed by atoms with Crippen LogP contribution in [0.3, 0.4) is 0 Å². The minimum Gasteiger partial charge on any atom is -0.468 e. The van der Waals surface area contributed by atoms with Gasteiger partial charge >= 0.3 is 6.18 Å². The van der Waals surface area contributed by atoms with Gasteiger partial charge in [0.15, 0.2) is 6.61 Å². The number of aliphatic hydroxyl groups is 1. The lowest BCUT2D eigenvalue weighted by Crippen LogP contribution is -2.34. The second-order valence-electron chi connectivity index (χ2n) is 6.42. The van der Waals surface area contributed by atoms with Crippen LogP contribution in [0.5, 0.6) is 5.88 Å². The molecule has 9 heteroatoms. The van der Waals surface area contributed by atoms with Crippen LogP contribution in [0.25, 0.3) is 11.3 Å². The van der Waals surface area contributed by atoms with Crippen LogP contribution in [0.4, 0.5) is 17.6 Å². The van der Waals surface area contributed by atoms with Gasteiger partial charge in [-0.05, 0) is 37.0 Å². The largest absolute Gasteiger partial charge is 0.468 e. The molecule has 1 fully saturated rings. The van der Waals surface area contributed by atoms with Crippen molar-refractivity contribution < 1.29 is 27.4 Å². The predicted molar refractivity (Wildman–Crippen MR) is 89.4 cm³/mol. The molecule has 2 aromatic rings. The SMILES string of the molecule is OC[C@H](NCc1nc(-c2ccc(OCC(F)(F)F)nc2)ccc1F)C1CC1. The van der Waals surface area contributed by atoms with Gasteiger partial charge in [-0.1, -0.05) is 0 Å². The Bertz CT molecular complexity index is 764. The molecular weight excluding hydrogens is 366 g/mol. The molecule has 0 bridgehead atoms. The van der Waals surface area contributed by atoms with E-state index in [0.717, 1.165) is 12.8 Å². The maximum Gasteiger partial charge on any atom is 0.422 e. The number of ether oxygens (including phenoxy) is 1. The monoisotopic (exact) mass is 385 g/mol. The van der Waals surface area contributed by atoms with E-state index in [4.69, 9.17) is 0 Å². The van der Waals surface area contributed by atoms with Crippen molar-refractivity contribution in [3.8, 4) is 17.1 Å². The highest BCUT2D eigenvalue weighted by Gasteiger charge is 2.30. The molecule has 146 valence electrons. The summed E-state index contributed by atoms with van der Waals surface area (Å²) in [6.45, 7) is -1.27. The van der Waals surface area contributed by atoms with E-state index in [1.165, 1.54) is 30.5 Å². The third-order valence-corrected chi connectivity index (χ3v) is 4.25. The molecule has 0 saturated heterocycles. The number of hydrogen-bond donors (Lipinski definition) is 2. The molecule has 3 rings (SSSR count). The molecule has 1 saturated carbocycles. The second-order valence-corrected chi connectivity index (χ2v) is 6.42. The van der Waals surface area contributed by atoms with Crippen molar-refractivity contribution in [3.05, 3.63) is 42.0 Å². The van der Waals surface area contributed by atoms with E-state index in [0.29, 0.717) is 17.2 Å². The summed E-state index contributed by atoms with van der Waals surface area (Å²) < 4.78 is 55.1. The number of aliphatic hydroxyl groups excluding tert-OH is 1. The fourth-order valence-electron chi connectivity index (χ4n) is 2.65. The van der Waals surface area contributed by atoms with Crippen LogP contribution < -0.4 is 10.1 Å². The lowest BCUT2D eigenvalue weighted by atomic mass is 10.1. The average molecular weight is 385 g/mol. The lowest BCUT2D eigenvalue weighted by molar-refractivity contribution is -0.154. The molecule has 0 aromatic carbocycles. The van der Waals surface area contributed by atoms with Crippen molar-refractivity contribution >= 4 is 0 Å². The minimum absolute atomic E-state index is 0.0186. The van der Waals surface area contributed by atoms with E-state index in [9.17, 15) is 22.7 Å². The summed E-state index contributed by atoms with van der Waals surface area (Å²) in [5.74, 6) is -0.221. The lowest BCUT2D eigenvalue weighted by Gasteiger charge is -2.15. The van der Waals surface area contributed by atoms with Gasteiger partial charge in [-0.25, -0.2) is 14.4 Å². The number of halogens is 4. The Hall–Kier alpha value is -2.26. The van der Waals surface area contributed by atoms with Crippen molar-refractivity contribution in [2.45, 2.75) is 31.6 Å². The number of hydrogen-bond acceptors (Lipinski definition) is 5. The topological polar surface area (TPSA) is 67.3 Å². The van der Waals surface area contributed by atoms with Crippen molar-refractivity contribution in [1.82, 2.24) is 15.3 Å². The van der Waals surface area contributed by atoms with Crippen molar-refractivity contribution in [1.29, 1.82) is 0 Å². The van der Waals surface area contributed by atoms with Crippen LogP contribution in [0.1, 0.15) is 18.5 Å². The Morgan fingerprint density at radius 3 is 2.59 bits per heavy atom. The maximum atomic E-state index is 14.0. The van der Waals surface area contributed by atoms with E-state index in [1.54, 1.807) is 0 Å². The number of alkyl halides is 3. The van der Waals surface area contributed by atoms with Crippen LogP contribution in [0.2, 0.25) is 0 Å². The molecule has 0 unspecified atom stereocenters. The Balaban J connectivity index is 1.67. The molecule has 1 aliphatic rings. The molecule has 5 nitrogen and oxygen atoms in total. The van der Waals surface area contributed by atoms with Gasteiger partial charge < -0.3 is 15.2 Å². The van der Waals surface area contributed by atoms with Gasteiger partial charge in [-0.2, -0.15) is 13.2 Å². The summed E-state index contributed by atoms with van der Waals surface area (Å²) in [5, 5.41) is 12.5. The van der Waals surface area contributed by atoms with Crippen LogP contribution in [0, 0.1) is 11.7 Å². The Labute approximate surface area is 153 Å². The van der Waals surface area contributed by atoms with E-state index >= 15 is 0 Å². The number of nitrogens with zero attached hydrogens (tertiary/aromatic N) is 2. The Morgan fingerprint density at radius 1 is 1.22 bits per heavy atom. The van der Waals surface area contributed by atoms with Crippen LogP contribution in [-0.2, 0) is 6.54 Å².